The maximum Gasteiger partial charge on any atom is 0.337 e. The Bertz CT molecular complexity index is 882. The Morgan fingerprint density at radius 1 is 0.727 bits per heavy atom. The molecule has 0 aliphatic carbocycles. The number of hydrogen-bond donors (Lipinski definition) is 2. The zero-order valence-corrected chi connectivity index (χ0v) is 11.5. The van der Waals surface area contributed by atoms with Crippen LogP contribution in [0.15, 0.2) is 60.7 Å². The van der Waals surface area contributed by atoms with Gasteiger partial charge in [-0.2, -0.15) is 0 Å². The monoisotopic (exact) mass is 292 g/mol. The summed E-state index contributed by atoms with van der Waals surface area (Å²) in [7, 11) is 0. The summed E-state index contributed by atoms with van der Waals surface area (Å²) in [6.07, 6.45) is 0. The van der Waals surface area contributed by atoms with E-state index in [1.165, 1.54) is 0 Å². The first-order chi connectivity index (χ1) is 10.6. The summed E-state index contributed by atoms with van der Waals surface area (Å²) < 4.78 is 0. The molecular formula is C18H12O4. The van der Waals surface area contributed by atoms with Crippen LogP contribution >= 0.6 is 0 Å². The summed E-state index contributed by atoms with van der Waals surface area (Å²) in [5.74, 6) is -2.49. The lowest BCUT2D eigenvalue weighted by molar-refractivity contribution is 0.0654. The molecule has 22 heavy (non-hydrogen) atoms. The van der Waals surface area contributed by atoms with Crippen molar-refractivity contribution in [3.63, 3.8) is 0 Å². The molecule has 4 nitrogen and oxygen atoms in total. The second-order valence-corrected chi connectivity index (χ2v) is 4.87. The minimum absolute atomic E-state index is 0.176. The third-order valence-electron chi connectivity index (χ3n) is 3.56. The molecule has 0 saturated heterocycles. The fraction of sp³-hybridized carbons (Fsp3) is 0. The highest BCUT2D eigenvalue weighted by Gasteiger charge is 2.24. The number of rotatable bonds is 3. The van der Waals surface area contributed by atoms with Crippen LogP contribution in [0.4, 0.5) is 0 Å². The Kier molecular flexibility index (Phi) is 3.35. The van der Waals surface area contributed by atoms with E-state index >= 15 is 0 Å². The molecule has 0 aliphatic heterocycles. The van der Waals surface area contributed by atoms with E-state index < -0.39 is 11.9 Å². The van der Waals surface area contributed by atoms with E-state index in [1.54, 1.807) is 54.6 Å². The van der Waals surface area contributed by atoms with Crippen molar-refractivity contribution in [2.24, 2.45) is 0 Å². The Morgan fingerprint density at radius 2 is 1.32 bits per heavy atom. The molecule has 0 fully saturated rings. The van der Waals surface area contributed by atoms with Gasteiger partial charge in [-0.15, -0.1) is 0 Å². The van der Waals surface area contributed by atoms with Crippen LogP contribution < -0.4 is 0 Å². The predicted octanol–water partition coefficient (Wildman–Crippen LogP) is 3.90. The predicted molar refractivity (Wildman–Crippen MR) is 83.3 cm³/mol. The molecule has 0 heterocycles. The van der Waals surface area contributed by atoms with Crippen molar-refractivity contribution in [3.8, 4) is 11.1 Å². The quantitative estimate of drug-likeness (QED) is 0.767. The second-order valence-electron chi connectivity index (χ2n) is 4.87. The number of carboxylic acid groups (broad SMARTS) is 2. The van der Waals surface area contributed by atoms with E-state index in [2.05, 4.69) is 0 Å². The van der Waals surface area contributed by atoms with Gasteiger partial charge in [0.25, 0.3) is 0 Å². The standard InChI is InChI=1S/C18H12O4/c19-17(20)15-13-9-5-4-8-12(13)10-14(16(15)18(21)22)11-6-2-1-3-7-11/h1-10H,(H,19,20)(H,21,22). The van der Waals surface area contributed by atoms with E-state index in [1.807, 2.05) is 6.07 Å². The molecule has 0 bridgehead atoms. The lowest BCUT2D eigenvalue weighted by Gasteiger charge is -2.13. The Labute approximate surface area is 126 Å². The number of aromatic carboxylic acids is 2. The molecule has 0 spiro atoms. The molecule has 0 aliphatic rings. The van der Waals surface area contributed by atoms with Gasteiger partial charge in [0.2, 0.25) is 0 Å². The molecule has 0 saturated carbocycles. The van der Waals surface area contributed by atoms with Crippen LogP contribution in [0.3, 0.4) is 0 Å². The second kappa shape index (κ2) is 5.33. The molecule has 0 unspecified atom stereocenters. The fourth-order valence-corrected chi connectivity index (χ4v) is 2.64. The van der Waals surface area contributed by atoms with Gasteiger partial charge in [-0.1, -0.05) is 54.6 Å². The van der Waals surface area contributed by atoms with Crippen molar-refractivity contribution in [3.05, 3.63) is 71.8 Å². The van der Waals surface area contributed by atoms with Crippen molar-refractivity contribution < 1.29 is 19.8 Å². The van der Waals surface area contributed by atoms with Gasteiger partial charge in [0.1, 0.15) is 0 Å². The van der Waals surface area contributed by atoms with E-state index in [9.17, 15) is 19.8 Å². The van der Waals surface area contributed by atoms with Crippen LogP contribution in [0, 0.1) is 0 Å². The zero-order chi connectivity index (χ0) is 15.7. The number of hydrogen-bond acceptors (Lipinski definition) is 2. The van der Waals surface area contributed by atoms with E-state index in [0.29, 0.717) is 21.9 Å². The third-order valence-corrected chi connectivity index (χ3v) is 3.56. The Hall–Kier alpha value is -3.14. The van der Waals surface area contributed by atoms with Gasteiger partial charge >= 0.3 is 11.9 Å². The lowest BCUT2D eigenvalue weighted by Crippen LogP contribution is -2.11. The van der Waals surface area contributed by atoms with Crippen molar-refractivity contribution in [1.82, 2.24) is 0 Å². The van der Waals surface area contributed by atoms with Gasteiger partial charge in [0.05, 0.1) is 11.1 Å². The maximum atomic E-state index is 11.7. The maximum absolute atomic E-state index is 11.7. The minimum atomic E-state index is -1.25. The number of carboxylic acids is 2. The first-order valence-corrected chi connectivity index (χ1v) is 6.67. The van der Waals surface area contributed by atoms with Crippen molar-refractivity contribution in [1.29, 1.82) is 0 Å². The molecule has 0 atom stereocenters. The molecule has 0 amide bonds. The molecule has 3 aromatic rings. The molecule has 4 heteroatoms. The minimum Gasteiger partial charge on any atom is -0.478 e. The van der Waals surface area contributed by atoms with Gasteiger partial charge in [-0.05, 0) is 28.0 Å². The first-order valence-electron chi connectivity index (χ1n) is 6.67. The third kappa shape index (κ3) is 2.20. The van der Waals surface area contributed by atoms with Crippen LogP contribution in [0.5, 0.6) is 0 Å². The Morgan fingerprint density at radius 3 is 1.95 bits per heavy atom. The summed E-state index contributed by atoms with van der Waals surface area (Å²) in [6, 6.07) is 17.5. The molecular weight excluding hydrogens is 280 g/mol. The molecule has 3 rings (SSSR count). The first kappa shape index (κ1) is 13.8. The average Bonchev–Trinajstić information content (AvgIpc) is 2.53. The van der Waals surface area contributed by atoms with Crippen molar-refractivity contribution in [2.75, 3.05) is 0 Å². The summed E-state index contributed by atoms with van der Waals surface area (Å²) in [5.41, 5.74) is 0.721. The number of benzene rings is 3. The molecule has 3 aromatic carbocycles. The normalized spacial score (nSPS) is 10.5. The van der Waals surface area contributed by atoms with Gasteiger partial charge in [-0.25, -0.2) is 9.59 Å². The van der Waals surface area contributed by atoms with Crippen LogP contribution in [-0.4, -0.2) is 22.2 Å². The average molecular weight is 292 g/mol. The highest BCUT2D eigenvalue weighted by molar-refractivity contribution is 6.15. The largest absolute Gasteiger partial charge is 0.478 e. The van der Waals surface area contributed by atoms with Crippen molar-refractivity contribution in [2.45, 2.75) is 0 Å². The number of fused-ring (bicyclic) bond motifs is 1. The fourth-order valence-electron chi connectivity index (χ4n) is 2.64. The molecule has 2 N–H and O–H groups in total. The van der Waals surface area contributed by atoms with Gasteiger partial charge < -0.3 is 10.2 Å². The van der Waals surface area contributed by atoms with E-state index in [-0.39, 0.29) is 11.1 Å². The lowest BCUT2D eigenvalue weighted by atomic mass is 9.90. The summed E-state index contributed by atoms with van der Waals surface area (Å²) in [4.78, 5) is 23.4. The van der Waals surface area contributed by atoms with Crippen LogP contribution in [0.2, 0.25) is 0 Å². The highest BCUT2D eigenvalue weighted by Crippen LogP contribution is 2.33. The van der Waals surface area contributed by atoms with Crippen LogP contribution in [-0.2, 0) is 0 Å². The van der Waals surface area contributed by atoms with Gasteiger partial charge in [-0.3, -0.25) is 0 Å². The SMILES string of the molecule is O=C(O)c1c(-c2ccccc2)cc2ccccc2c1C(=O)O. The number of carbonyl (C=O) groups is 2. The summed E-state index contributed by atoms with van der Waals surface area (Å²) in [6.45, 7) is 0. The topological polar surface area (TPSA) is 74.6 Å². The molecule has 108 valence electrons. The van der Waals surface area contributed by atoms with Gasteiger partial charge in [0.15, 0.2) is 0 Å². The van der Waals surface area contributed by atoms with Crippen LogP contribution in [0.1, 0.15) is 20.7 Å². The van der Waals surface area contributed by atoms with E-state index in [4.69, 9.17) is 0 Å². The zero-order valence-electron chi connectivity index (χ0n) is 11.5. The van der Waals surface area contributed by atoms with E-state index in [0.717, 1.165) is 0 Å². The molecule has 0 aromatic heterocycles. The smallest absolute Gasteiger partial charge is 0.337 e. The Balaban J connectivity index is 2.49. The molecule has 0 radical (unpaired) electrons. The summed E-state index contributed by atoms with van der Waals surface area (Å²) >= 11 is 0. The van der Waals surface area contributed by atoms with Crippen molar-refractivity contribution >= 4 is 22.7 Å². The van der Waals surface area contributed by atoms with Crippen LogP contribution in [0.25, 0.3) is 21.9 Å². The van der Waals surface area contributed by atoms with Gasteiger partial charge in [0, 0.05) is 0 Å². The highest BCUT2D eigenvalue weighted by atomic mass is 16.4. The summed E-state index contributed by atoms with van der Waals surface area (Å²) in [5, 5.41) is 20.2.